The van der Waals surface area contributed by atoms with Gasteiger partial charge in [0.2, 0.25) is 0 Å². The van der Waals surface area contributed by atoms with Gasteiger partial charge in [0, 0.05) is 28.6 Å². The highest BCUT2D eigenvalue weighted by molar-refractivity contribution is 6.33. The minimum absolute atomic E-state index is 0.0504. The molecule has 2 N–H and O–H groups in total. The largest absolute Gasteiger partial charge is 0.330 e. The van der Waals surface area contributed by atoms with Crippen molar-refractivity contribution in [1.29, 1.82) is 0 Å². The lowest BCUT2D eigenvalue weighted by Crippen LogP contribution is -2.11. The lowest BCUT2D eigenvalue weighted by Gasteiger charge is -2.09. The van der Waals surface area contributed by atoms with Crippen LogP contribution in [0, 0.1) is 5.82 Å². The molecule has 0 saturated heterocycles. The van der Waals surface area contributed by atoms with Gasteiger partial charge in [-0.25, -0.2) is 4.39 Å². The minimum atomic E-state index is -0.229. The van der Waals surface area contributed by atoms with Crippen LogP contribution in [0.15, 0.2) is 36.4 Å². The van der Waals surface area contributed by atoms with E-state index in [1.54, 1.807) is 12.1 Å². The third-order valence-electron chi connectivity index (χ3n) is 3.33. The zero-order valence-corrected chi connectivity index (χ0v) is 9.84. The minimum Gasteiger partial charge on any atom is -0.330 e. The average Bonchev–Trinajstić information content (AvgIpc) is 2.65. The van der Waals surface area contributed by atoms with Gasteiger partial charge in [-0.05, 0) is 23.3 Å². The van der Waals surface area contributed by atoms with Gasteiger partial charge in [0.05, 0.1) is 0 Å². The summed E-state index contributed by atoms with van der Waals surface area (Å²) < 4.78 is 14.0. The van der Waals surface area contributed by atoms with Gasteiger partial charge in [0.1, 0.15) is 5.82 Å². The van der Waals surface area contributed by atoms with Crippen LogP contribution in [0.3, 0.4) is 0 Å². The Bertz CT molecular complexity index is 543. The third-order valence-corrected chi connectivity index (χ3v) is 3.64. The molecule has 0 aliphatic heterocycles. The van der Waals surface area contributed by atoms with Crippen LogP contribution in [-0.2, 0) is 0 Å². The van der Waals surface area contributed by atoms with Crippen LogP contribution in [0.2, 0.25) is 5.02 Å². The Morgan fingerprint density at radius 3 is 2.41 bits per heavy atom. The first-order chi connectivity index (χ1) is 8.24. The molecule has 3 heteroatoms. The molecular weight excluding hydrogens is 237 g/mol. The van der Waals surface area contributed by atoms with Gasteiger partial charge in [-0.15, -0.1) is 0 Å². The highest BCUT2D eigenvalue weighted by atomic mass is 35.5. The smallest absolute Gasteiger partial charge is 0.131 e. The van der Waals surface area contributed by atoms with E-state index in [4.69, 9.17) is 17.3 Å². The first kappa shape index (κ1) is 10.8. The van der Waals surface area contributed by atoms with E-state index >= 15 is 0 Å². The third kappa shape index (κ3) is 1.41. The summed E-state index contributed by atoms with van der Waals surface area (Å²) >= 11 is 6.18. The molecule has 0 aromatic heterocycles. The Morgan fingerprint density at radius 2 is 1.71 bits per heavy atom. The van der Waals surface area contributed by atoms with E-state index in [0.717, 1.165) is 16.7 Å². The molecule has 1 atom stereocenters. The van der Waals surface area contributed by atoms with E-state index in [9.17, 15) is 4.39 Å². The molecule has 0 spiro atoms. The summed E-state index contributed by atoms with van der Waals surface area (Å²) in [5, 5.41) is 0.588. The summed E-state index contributed by atoms with van der Waals surface area (Å²) in [6, 6.07) is 10.7. The van der Waals surface area contributed by atoms with Gasteiger partial charge in [-0.3, -0.25) is 0 Å². The Hall–Kier alpha value is -1.38. The van der Waals surface area contributed by atoms with E-state index in [2.05, 4.69) is 0 Å². The highest BCUT2D eigenvalue weighted by Crippen LogP contribution is 2.48. The molecule has 1 aliphatic carbocycles. The maximum Gasteiger partial charge on any atom is 0.131 e. The molecule has 2 aromatic carbocycles. The number of benzene rings is 2. The first-order valence-corrected chi connectivity index (χ1v) is 5.89. The maximum absolute atomic E-state index is 14.0. The number of nitrogens with two attached hydrogens (primary N) is 1. The summed E-state index contributed by atoms with van der Waals surface area (Å²) in [4.78, 5) is 0. The molecule has 0 heterocycles. The van der Waals surface area contributed by atoms with Gasteiger partial charge in [0.25, 0.3) is 0 Å². The molecule has 0 bridgehead atoms. The van der Waals surface area contributed by atoms with Crippen molar-refractivity contribution in [3.05, 3.63) is 58.4 Å². The molecule has 1 unspecified atom stereocenters. The molecule has 0 saturated carbocycles. The van der Waals surface area contributed by atoms with Gasteiger partial charge in [-0.2, -0.15) is 0 Å². The molecule has 0 amide bonds. The van der Waals surface area contributed by atoms with Crippen molar-refractivity contribution in [2.24, 2.45) is 5.73 Å². The second-order valence-corrected chi connectivity index (χ2v) is 4.60. The van der Waals surface area contributed by atoms with Crippen LogP contribution >= 0.6 is 11.6 Å². The number of hydrogen-bond donors (Lipinski definition) is 1. The van der Waals surface area contributed by atoms with Gasteiger partial charge in [-0.1, -0.05) is 35.9 Å². The second kappa shape index (κ2) is 3.83. The molecular formula is C14H11ClFN. The van der Waals surface area contributed by atoms with Crippen molar-refractivity contribution in [2.45, 2.75) is 5.92 Å². The predicted octanol–water partition coefficient (Wildman–Crippen LogP) is 3.55. The predicted molar refractivity (Wildman–Crippen MR) is 67.7 cm³/mol. The van der Waals surface area contributed by atoms with Crippen molar-refractivity contribution in [3.63, 3.8) is 0 Å². The van der Waals surface area contributed by atoms with E-state index in [1.165, 1.54) is 6.07 Å². The fourth-order valence-electron chi connectivity index (χ4n) is 2.61. The molecule has 17 heavy (non-hydrogen) atoms. The van der Waals surface area contributed by atoms with E-state index in [0.29, 0.717) is 17.1 Å². The van der Waals surface area contributed by atoms with Crippen molar-refractivity contribution in [2.75, 3.05) is 6.54 Å². The molecule has 0 fully saturated rings. The van der Waals surface area contributed by atoms with Gasteiger partial charge < -0.3 is 5.73 Å². The fraction of sp³-hybridized carbons (Fsp3) is 0.143. The highest BCUT2D eigenvalue weighted by Gasteiger charge is 2.31. The Morgan fingerprint density at radius 1 is 1.06 bits per heavy atom. The summed E-state index contributed by atoms with van der Waals surface area (Å²) in [5.41, 5.74) is 9.18. The van der Waals surface area contributed by atoms with E-state index in [1.807, 2.05) is 18.2 Å². The summed E-state index contributed by atoms with van der Waals surface area (Å²) in [6.45, 7) is 0.462. The lowest BCUT2D eigenvalue weighted by atomic mass is 9.97. The standard InChI is InChI=1S/C14H11ClFN/c15-11-5-1-3-8-10(7-17)9-4-2-6-12(16)14(9)13(8)11/h1-6,10H,7,17H2. The van der Waals surface area contributed by atoms with Crippen molar-refractivity contribution in [3.8, 4) is 11.1 Å². The molecule has 1 nitrogen and oxygen atoms in total. The summed E-state index contributed by atoms with van der Waals surface area (Å²) in [6.07, 6.45) is 0. The molecule has 86 valence electrons. The fourth-order valence-corrected chi connectivity index (χ4v) is 2.89. The maximum atomic E-state index is 14.0. The number of halogens is 2. The Kier molecular flexibility index (Phi) is 2.42. The lowest BCUT2D eigenvalue weighted by molar-refractivity contribution is 0.630. The molecule has 2 aromatic rings. The van der Waals surface area contributed by atoms with Crippen LogP contribution in [0.1, 0.15) is 17.0 Å². The Balaban J connectivity index is 2.39. The van der Waals surface area contributed by atoms with Gasteiger partial charge in [0.15, 0.2) is 0 Å². The SMILES string of the molecule is NCC1c2cccc(F)c2-c2c(Cl)cccc21. The summed E-state index contributed by atoms with van der Waals surface area (Å²) in [7, 11) is 0. The molecule has 0 radical (unpaired) electrons. The van der Waals surface area contributed by atoms with Crippen LogP contribution in [-0.4, -0.2) is 6.54 Å². The monoisotopic (exact) mass is 247 g/mol. The number of rotatable bonds is 1. The van der Waals surface area contributed by atoms with Crippen molar-refractivity contribution < 1.29 is 4.39 Å². The second-order valence-electron chi connectivity index (χ2n) is 4.20. The van der Waals surface area contributed by atoms with Crippen molar-refractivity contribution >= 4 is 11.6 Å². The molecule has 1 aliphatic rings. The average molecular weight is 248 g/mol. The quantitative estimate of drug-likeness (QED) is 0.819. The van der Waals surface area contributed by atoms with Crippen molar-refractivity contribution in [1.82, 2.24) is 0 Å². The van der Waals surface area contributed by atoms with Gasteiger partial charge >= 0.3 is 0 Å². The topological polar surface area (TPSA) is 26.0 Å². The summed E-state index contributed by atoms with van der Waals surface area (Å²) in [5.74, 6) is -0.179. The number of fused-ring (bicyclic) bond motifs is 3. The van der Waals surface area contributed by atoms with E-state index < -0.39 is 0 Å². The van der Waals surface area contributed by atoms with Crippen LogP contribution in [0.25, 0.3) is 11.1 Å². The first-order valence-electron chi connectivity index (χ1n) is 5.51. The molecule has 3 rings (SSSR count). The van der Waals surface area contributed by atoms with Crippen LogP contribution in [0.4, 0.5) is 4.39 Å². The van der Waals surface area contributed by atoms with E-state index in [-0.39, 0.29) is 11.7 Å². The Labute approximate surface area is 104 Å². The van der Waals surface area contributed by atoms with Crippen LogP contribution < -0.4 is 5.73 Å². The zero-order chi connectivity index (χ0) is 12.0. The number of hydrogen-bond acceptors (Lipinski definition) is 1. The van der Waals surface area contributed by atoms with Crippen LogP contribution in [0.5, 0.6) is 0 Å². The zero-order valence-electron chi connectivity index (χ0n) is 9.08. The normalized spacial score (nSPS) is 16.8.